The Morgan fingerprint density at radius 3 is 2.95 bits per heavy atom. The van der Waals surface area contributed by atoms with Gasteiger partial charge in [-0.1, -0.05) is 12.1 Å². The summed E-state index contributed by atoms with van der Waals surface area (Å²) < 4.78 is 1.78. The minimum atomic E-state index is -0.0226. The molecule has 0 spiro atoms. The van der Waals surface area contributed by atoms with E-state index < -0.39 is 0 Å². The summed E-state index contributed by atoms with van der Waals surface area (Å²) in [6, 6.07) is 7.76. The SMILES string of the molecule is CCn1c(=O)c(N2C[C@@H]3C[C@]3(CO)C2)nc2ccccc21. The van der Waals surface area contributed by atoms with Crippen molar-refractivity contribution in [1.29, 1.82) is 0 Å². The molecule has 1 saturated carbocycles. The molecule has 0 radical (unpaired) electrons. The van der Waals surface area contributed by atoms with Gasteiger partial charge in [0, 0.05) is 25.0 Å². The van der Waals surface area contributed by atoms with E-state index in [0.29, 0.717) is 18.3 Å². The summed E-state index contributed by atoms with van der Waals surface area (Å²) in [6.45, 7) is 4.42. The molecule has 0 bridgehead atoms. The van der Waals surface area contributed by atoms with Crippen LogP contribution >= 0.6 is 0 Å². The lowest BCUT2D eigenvalue weighted by molar-refractivity contribution is 0.216. The summed E-state index contributed by atoms with van der Waals surface area (Å²) in [7, 11) is 0. The van der Waals surface area contributed by atoms with Crippen LogP contribution in [0.3, 0.4) is 0 Å². The summed E-state index contributed by atoms with van der Waals surface area (Å²) in [5.41, 5.74) is 1.74. The molecule has 1 N–H and O–H groups in total. The monoisotopic (exact) mass is 285 g/mol. The van der Waals surface area contributed by atoms with Crippen LogP contribution in [0.5, 0.6) is 0 Å². The first-order chi connectivity index (χ1) is 10.2. The molecule has 1 aromatic heterocycles. The molecular formula is C16H19N3O2. The molecule has 5 heteroatoms. The average Bonchev–Trinajstić information content (AvgIpc) is 3.08. The lowest BCUT2D eigenvalue weighted by Crippen LogP contribution is -2.34. The molecule has 110 valence electrons. The number of rotatable bonds is 3. The predicted octanol–water partition coefficient (Wildman–Crippen LogP) is 1.23. The second-order valence-corrected chi connectivity index (χ2v) is 6.28. The van der Waals surface area contributed by atoms with Crippen LogP contribution in [0.2, 0.25) is 0 Å². The van der Waals surface area contributed by atoms with Gasteiger partial charge < -0.3 is 14.6 Å². The first-order valence-corrected chi connectivity index (χ1v) is 7.54. The van der Waals surface area contributed by atoms with Crippen LogP contribution in [0.4, 0.5) is 5.82 Å². The number of para-hydroxylation sites is 2. The Bertz CT molecular complexity index is 766. The van der Waals surface area contributed by atoms with Crippen molar-refractivity contribution in [3.05, 3.63) is 34.6 Å². The van der Waals surface area contributed by atoms with Crippen LogP contribution < -0.4 is 10.5 Å². The average molecular weight is 285 g/mol. The minimum Gasteiger partial charge on any atom is -0.396 e. The van der Waals surface area contributed by atoms with Gasteiger partial charge in [0.15, 0.2) is 5.82 Å². The topological polar surface area (TPSA) is 58.4 Å². The Kier molecular flexibility index (Phi) is 2.63. The largest absolute Gasteiger partial charge is 0.396 e. The van der Waals surface area contributed by atoms with E-state index in [1.165, 1.54) is 0 Å². The number of piperidine rings is 1. The number of fused-ring (bicyclic) bond motifs is 2. The maximum Gasteiger partial charge on any atom is 0.293 e. The van der Waals surface area contributed by atoms with E-state index in [1.54, 1.807) is 4.57 Å². The Morgan fingerprint density at radius 2 is 2.24 bits per heavy atom. The Morgan fingerprint density at radius 1 is 1.43 bits per heavy atom. The number of aryl methyl sites for hydroxylation is 1. The van der Waals surface area contributed by atoms with Crippen molar-refractivity contribution in [3.63, 3.8) is 0 Å². The Hall–Kier alpha value is -1.88. The minimum absolute atomic E-state index is 0.0226. The van der Waals surface area contributed by atoms with Gasteiger partial charge in [0.2, 0.25) is 0 Å². The van der Waals surface area contributed by atoms with Crippen molar-refractivity contribution in [2.24, 2.45) is 11.3 Å². The number of aromatic nitrogens is 2. The van der Waals surface area contributed by atoms with Gasteiger partial charge in [0.25, 0.3) is 5.56 Å². The van der Waals surface area contributed by atoms with Crippen molar-refractivity contribution in [2.45, 2.75) is 19.9 Å². The van der Waals surface area contributed by atoms with E-state index in [1.807, 2.05) is 31.2 Å². The molecule has 1 saturated heterocycles. The fourth-order valence-corrected chi connectivity index (χ4v) is 3.70. The first-order valence-electron chi connectivity index (χ1n) is 7.54. The quantitative estimate of drug-likeness (QED) is 0.921. The number of nitrogens with zero attached hydrogens (tertiary/aromatic N) is 3. The van der Waals surface area contributed by atoms with E-state index in [2.05, 4.69) is 9.88 Å². The molecule has 4 rings (SSSR count). The third kappa shape index (κ3) is 1.73. The first kappa shape index (κ1) is 12.8. The fraction of sp³-hybridized carbons (Fsp3) is 0.500. The fourth-order valence-electron chi connectivity index (χ4n) is 3.70. The van der Waals surface area contributed by atoms with Gasteiger partial charge in [-0.25, -0.2) is 4.98 Å². The van der Waals surface area contributed by atoms with Gasteiger partial charge >= 0.3 is 0 Å². The molecule has 0 amide bonds. The van der Waals surface area contributed by atoms with E-state index in [0.717, 1.165) is 30.5 Å². The van der Waals surface area contributed by atoms with Crippen LogP contribution in [0, 0.1) is 11.3 Å². The lowest BCUT2D eigenvalue weighted by atomic mass is 10.1. The second-order valence-electron chi connectivity index (χ2n) is 6.28. The third-order valence-corrected chi connectivity index (χ3v) is 5.07. The van der Waals surface area contributed by atoms with Crippen molar-refractivity contribution >= 4 is 16.9 Å². The molecule has 0 unspecified atom stereocenters. The molecule has 2 atom stereocenters. The Balaban J connectivity index is 1.83. The maximum atomic E-state index is 12.7. The van der Waals surface area contributed by atoms with E-state index in [-0.39, 0.29) is 17.6 Å². The summed E-state index contributed by atoms with van der Waals surface area (Å²) >= 11 is 0. The maximum absolute atomic E-state index is 12.7. The molecule has 2 aliphatic rings. The van der Waals surface area contributed by atoms with Crippen LogP contribution in [-0.4, -0.2) is 34.4 Å². The molecular weight excluding hydrogens is 266 g/mol. The van der Waals surface area contributed by atoms with E-state index >= 15 is 0 Å². The molecule has 2 heterocycles. The van der Waals surface area contributed by atoms with Crippen molar-refractivity contribution in [1.82, 2.24) is 9.55 Å². The highest BCUT2D eigenvalue weighted by molar-refractivity contribution is 5.76. The highest BCUT2D eigenvalue weighted by atomic mass is 16.3. The number of aliphatic hydroxyl groups is 1. The molecule has 1 aliphatic heterocycles. The van der Waals surface area contributed by atoms with Gasteiger partial charge in [-0.15, -0.1) is 0 Å². The number of anilines is 1. The van der Waals surface area contributed by atoms with Crippen LogP contribution in [0.15, 0.2) is 29.1 Å². The normalized spacial score (nSPS) is 27.1. The van der Waals surface area contributed by atoms with Gasteiger partial charge in [-0.05, 0) is 31.4 Å². The van der Waals surface area contributed by atoms with Gasteiger partial charge in [-0.2, -0.15) is 0 Å². The van der Waals surface area contributed by atoms with Gasteiger partial charge in [-0.3, -0.25) is 4.79 Å². The van der Waals surface area contributed by atoms with Crippen molar-refractivity contribution in [3.8, 4) is 0 Å². The molecule has 5 nitrogen and oxygen atoms in total. The summed E-state index contributed by atoms with van der Waals surface area (Å²) in [4.78, 5) is 19.4. The van der Waals surface area contributed by atoms with Crippen LogP contribution in [0.1, 0.15) is 13.3 Å². The summed E-state index contributed by atoms with van der Waals surface area (Å²) in [6.07, 6.45) is 1.08. The third-order valence-electron chi connectivity index (χ3n) is 5.07. The Labute approximate surface area is 122 Å². The standard InChI is InChI=1S/C16H19N3O2/c1-2-19-13-6-4-3-5-12(13)17-14(15(19)21)18-8-11-7-16(11,9-18)10-20/h3-6,11,20H,2,7-10H2,1H3/t11-,16+/m0/s1. The number of benzene rings is 1. The smallest absolute Gasteiger partial charge is 0.293 e. The highest BCUT2D eigenvalue weighted by Crippen LogP contribution is 2.57. The number of hydrogen-bond acceptors (Lipinski definition) is 4. The van der Waals surface area contributed by atoms with Crippen LogP contribution in [-0.2, 0) is 6.54 Å². The zero-order chi connectivity index (χ0) is 14.6. The lowest BCUT2D eigenvalue weighted by Gasteiger charge is -2.22. The molecule has 1 aromatic carbocycles. The zero-order valence-electron chi connectivity index (χ0n) is 12.1. The molecule has 21 heavy (non-hydrogen) atoms. The molecule has 1 aliphatic carbocycles. The van der Waals surface area contributed by atoms with E-state index in [4.69, 9.17) is 0 Å². The zero-order valence-corrected chi connectivity index (χ0v) is 12.1. The second kappa shape index (κ2) is 4.31. The van der Waals surface area contributed by atoms with E-state index in [9.17, 15) is 9.90 Å². The summed E-state index contributed by atoms with van der Waals surface area (Å²) in [5.74, 6) is 1.06. The summed E-state index contributed by atoms with van der Waals surface area (Å²) in [5, 5.41) is 9.54. The van der Waals surface area contributed by atoms with Crippen molar-refractivity contribution < 1.29 is 5.11 Å². The van der Waals surface area contributed by atoms with Crippen LogP contribution in [0.25, 0.3) is 11.0 Å². The number of hydrogen-bond donors (Lipinski definition) is 1. The van der Waals surface area contributed by atoms with Gasteiger partial charge in [0.05, 0.1) is 17.6 Å². The number of aliphatic hydroxyl groups excluding tert-OH is 1. The molecule has 2 aromatic rings. The predicted molar refractivity (Wildman–Crippen MR) is 81.5 cm³/mol. The molecule has 2 fully saturated rings. The highest BCUT2D eigenvalue weighted by Gasteiger charge is 2.60. The van der Waals surface area contributed by atoms with Gasteiger partial charge in [0.1, 0.15) is 0 Å². The van der Waals surface area contributed by atoms with Crippen molar-refractivity contribution in [2.75, 3.05) is 24.6 Å².